The molecular formula is C38H40. The van der Waals surface area contributed by atoms with Gasteiger partial charge >= 0.3 is 0 Å². The van der Waals surface area contributed by atoms with Crippen molar-refractivity contribution in [3.8, 4) is 0 Å². The van der Waals surface area contributed by atoms with E-state index in [2.05, 4.69) is 134 Å². The Kier molecular flexibility index (Phi) is 9.33. The van der Waals surface area contributed by atoms with Crippen LogP contribution in [0.25, 0.3) is 16.7 Å². The van der Waals surface area contributed by atoms with E-state index in [0.29, 0.717) is 5.92 Å². The Morgan fingerprint density at radius 2 is 1.42 bits per heavy atom. The van der Waals surface area contributed by atoms with Crippen LogP contribution in [0, 0.1) is 11.8 Å². The van der Waals surface area contributed by atoms with Gasteiger partial charge in [-0.1, -0.05) is 155 Å². The predicted octanol–water partition coefficient (Wildman–Crippen LogP) is 10.7. The Hall–Kier alpha value is -3.90. The van der Waals surface area contributed by atoms with E-state index in [4.69, 9.17) is 0 Å². The minimum Gasteiger partial charge on any atom is -0.0804 e. The molecule has 0 heterocycles. The van der Waals surface area contributed by atoms with Crippen LogP contribution < -0.4 is 0 Å². The lowest BCUT2D eigenvalue weighted by Crippen LogP contribution is -2.07. The minimum absolute atomic E-state index is 0.169. The van der Waals surface area contributed by atoms with Crippen molar-refractivity contribution in [3.05, 3.63) is 161 Å². The van der Waals surface area contributed by atoms with Crippen LogP contribution in [0.4, 0.5) is 0 Å². The highest BCUT2D eigenvalue weighted by atomic mass is 14.4. The van der Waals surface area contributed by atoms with Crippen LogP contribution in [0.15, 0.2) is 144 Å². The lowest BCUT2D eigenvalue weighted by Gasteiger charge is -2.21. The molecule has 2 atom stereocenters. The first-order valence-corrected chi connectivity index (χ1v) is 14.2. The molecule has 192 valence electrons. The SMILES string of the molecule is CC.CC.CC1=C(c2ccccc2)\C=C/C(C2=C3/C=C\CC=C(C4=CC=CC43)c3ccccc32)C=C/C=C\1. The van der Waals surface area contributed by atoms with Crippen molar-refractivity contribution < 1.29 is 0 Å². The summed E-state index contributed by atoms with van der Waals surface area (Å²) in [6.45, 7) is 10.2. The number of rotatable bonds is 2. The second kappa shape index (κ2) is 13.1. The molecule has 0 fully saturated rings. The second-order valence-corrected chi connectivity index (χ2v) is 9.25. The lowest BCUT2D eigenvalue weighted by atomic mass is 9.82. The molecule has 0 nitrogen and oxygen atoms in total. The lowest BCUT2D eigenvalue weighted by molar-refractivity contribution is 0.955. The summed E-state index contributed by atoms with van der Waals surface area (Å²) in [6.07, 6.45) is 28.7. The van der Waals surface area contributed by atoms with E-state index >= 15 is 0 Å². The molecule has 38 heavy (non-hydrogen) atoms. The third-order valence-electron chi connectivity index (χ3n) is 7.22. The zero-order chi connectivity index (χ0) is 26.9. The Morgan fingerprint density at radius 3 is 2.21 bits per heavy atom. The molecule has 0 saturated carbocycles. The Balaban J connectivity index is 0.000000804. The van der Waals surface area contributed by atoms with Gasteiger partial charge in [0.15, 0.2) is 0 Å². The summed E-state index contributed by atoms with van der Waals surface area (Å²) in [6, 6.07) is 19.7. The summed E-state index contributed by atoms with van der Waals surface area (Å²) in [7, 11) is 0. The van der Waals surface area contributed by atoms with Crippen molar-refractivity contribution in [1.29, 1.82) is 0 Å². The summed E-state index contributed by atoms with van der Waals surface area (Å²) >= 11 is 0. The van der Waals surface area contributed by atoms with Crippen LogP contribution in [0.1, 0.15) is 57.7 Å². The van der Waals surface area contributed by atoms with E-state index in [1.165, 1.54) is 50.1 Å². The first kappa shape index (κ1) is 27.1. The number of hydrogen-bond acceptors (Lipinski definition) is 0. The third-order valence-corrected chi connectivity index (χ3v) is 7.22. The fourth-order valence-corrected chi connectivity index (χ4v) is 5.61. The summed E-state index contributed by atoms with van der Waals surface area (Å²) in [4.78, 5) is 0. The molecule has 6 rings (SSSR count). The van der Waals surface area contributed by atoms with Gasteiger partial charge in [-0.05, 0) is 63.5 Å². The van der Waals surface area contributed by atoms with Crippen LogP contribution in [-0.4, -0.2) is 0 Å². The minimum atomic E-state index is 0.169. The van der Waals surface area contributed by atoms with Crippen LogP contribution in [0.5, 0.6) is 0 Å². The zero-order valence-electron chi connectivity index (χ0n) is 23.5. The number of hydrogen-bond donors (Lipinski definition) is 0. The van der Waals surface area contributed by atoms with E-state index in [-0.39, 0.29) is 5.92 Å². The maximum absolute atomic E-state index is 2.40. The third kappa shape index (κ3) is 5.36. The van der Waals surface area contributed by atoms with Crippen LogP contribution >= 0.6 is 0 Å². The molecule has 0 N–H and O–H groups in total. The molecule has 4 aliphatic rings. The molecule has 4 aliphatic carbocycles. The monoisotopic (exact) mass is 496 g/mol. The van der Waals surface area contributed by atoms with E-state index in [0.717, 1.165) is 6.42 Å². The molecule has 2 aromatic rings. The van der Waals surface area contributed by atoms with Crippen molar-refractivity contribution >= 4 is 16.7 Å². The first-order valence-electron chi connectivity index (χ1n) is 14.2. The summed E-state index contributed by atoms with van der Waals surface area (Å²) in [5.41, 5.74) is 12.1. The predicted molar refractivity (Wildman–Crippen MR) is 168 cm³/mol. The van der Waals surface area contributed by atoms with E-state index in [1.54, 1.807) is 0 Å². The molecule has 0 heteroatoms. The molecule has 0 saturated heterocycles. The molecule has 0 amide bonds. The van der Waals surface area contributed by atoms with Gasteiger partial charge in [0.1, 0.15) is 0 Å². The van der Waals surface area contributed by atoms with Gasteiger partial charge in [0.05, 0.1) is 0 Å². The summed E-state index contributed by atoms with van der Waals surface area (Å²) in [5.74, 6) is 0.476. The van der Waals surface area contributed by atoms with Gasteiger partial charge in [-0.3, -0.25) is 0 Å². The van der Waals surface area contributed by atoms with Crippen molar-refractivity contribution in [2.24, 2.45) is 11.8 Å². The van der Waals surface area contributed by atoms with Gasteiger partial charge in [0, 0.05) is 11.8 Å². The van der Waals surface area contributed by atoms with Crippen molar-refractivity contribution in [3.63, 3.8) is 0 Å². The fraction of sp³-hybridized carbons (Fsp3) is 0.211. The van der Waals surface area contributed by atoms with Crippen LogP contribution in [0.3, 0.4) is 0 Å². The maximum Gasteiger partial charge on any atom is 0.0281 e. The molecule has 0 spiro atoms. The highest BCUT2D eigenvalue weighted by Crippen LogP contribution is 2.49. The molecule has 0 radical (unpaired) electrons. The van der Waals surface area contributed by atoms with Gasteiger partial charge in [-0.15, -0.1) is 0 Å². The Labute approximate surface area is 230 Å². The van der Waals surface area contributed by atoms with E-state index < -0.39 is 0 Å². The Morgan fingerprint density at radius 1 is 0.684 bits per heavy atom. The van der Waals surface area contributed by atoms with E-state index in [1.807, 2.05) is 27.7 Å². The highest BCUT2D eigenvalue weighted by molar-refractivity contribution is 5.95. The fourth-order valence-electron chi connectivity index (χ4n) is 5.61. The van der Waals surface area contributed by atoms with Gasteiger partial charge in [0.25, 0.3) is 0 Å². The summed E-state index contributed by atoms with van der Waals surface area (Å²) < 4.78 is 0. The van der Waals surface area contributed by atoms with Gasteiger partial charge in [-0.2, -0.15) is 0 Å². The highest BCUT2D eigenvalue weighted by Gasteiger charge is 2.32. The average molecular weight is 497 g/mol. The molecular weight excluding hydrogens is 456 g/mol. The summed E-state index contributed by atoms with van der Waals surface area (Å²) in [5, 5.41) is 0. The number of allylic oxidation sites excluding steroid dienone is 18. The first-order chi connectivity index (χ1) is 18.8. The zero-order valence-corrected chi connectivity index (χ0v) is 23.5. The Bertz CT molecular complexity index is 1410. The molecule has 0 aromatic heterocycles. The molecule has 2 aromatic carbocycles. The van der Waals surface area contributed by atoms with E-state index in [9.17, 15) is 0 Å². The van der Waals surface area contributed by atoms with Gasteiger partial charge < -0.3 is 0 Å². The molecule has 2 unspecified atom stereocenters. The molecule has 2 bridgehead atoms. The van der Waals surface area contributed by atoms with Crippen molar-refractivity contribution in [1.82, 2.24) is 0 Å². The van der Waals surface area contributed by atoms with Crippen LogP contribution in [-0.2, 0) is 0 Å². The average Bonchev–Trinajstić information content (AvgIpc) is 3.45. The normalized spacial score (nSPS) is 25.2. The molecule has 0 aliphatic heterocycles. The van der Waals surface area contributed by atoms with Gasteiger partial charge in [-0.25, -0.2) is 0 Å². The number of fused-ring (bicyclic) bond motifs is 2. The van der Waals surface area contributed by atoms with Gasteiger partial charge in [0.2, 0.25) is 0 Å². The van der Waals surface area contributed by atoms with Crippen molar-refractivity contribution in [2.75, 3.05) is 0 Å². The quantitative estimate of drug-likeness (QED) is 0.388. The van der Waals surface area contributed by atoms with Crippen molar-refractivity contribution in [2.45, 2.75) is 41.0 Å². The van der Waals surface area contributed by atoms with Crippen LogP contribution in [0.2, 0.25) is 0 Å². The topological polar surface area (TPSA) is 0 Å². The smallest absolute Gasteiger partial charge is 0.0281 e. The second-order valence-electron chi connectivity index (χ2n) is 9.25. The standard InChI is InChI=1S/C34H28.2C2H6/c1-24-12-5-6-15-26(22-23-27(24)25-13-3-2-4-14-25)34-32-18-10-8-17-30(32)28-16-7-9-19-33(34)31-21-11-20-29(28)31;2*1-2/h2-6,8-23,26,31H,7H2,1H3;2*1-2H3/b12-5-,15-6?,19-9-,23-22-,27-24-,28-16?;;. The maximum atomic E-state index is 2.40. The number of benzene rings is 2. The largest absolute Gasteiger partial charge is 0.0804 e.